The lowest BCUT2D eigenvalue weighted by atomic mass is 9.99. The molecule has 3 aliphatic rings. The second-order valence-corrected chi connectivity index (χ2v) is 13.7. The van der Waals surface area contributed by atoms with Gasteiger partial charge in [-0.1, -0.05) is 32.1 Å². The van der Waals surface area contributed by atoms with Crippen molar-refractivity contribution in [1.82, 2.24) is 4.90 Å². The monoisotopic (exact) mass is 537 g/mol. The number of hydrogen-bond donors (Lipinski definition) is 0. The number of rotatable bonds is 5. The van der Waals surface area contributed by atoms with Crippen LogP contribution in [0.5, 0.6) is 0 Å². The molecule has 6 atom stereocenters. The predicted molar refractivity (Wildman–Crippen MR) is 137 cm³/mol. The molecule has 2 fully saturated rings. The van der Waals surface area contributed by atoms with E-state index in [-0.39, 0.29) is 48.0 Å². The molecule has 0 aromatic heterocycles. The van der Waals surface area contributed by atoms with E-state index in [2.05, 4.69) is 0 Å². The zero-order chi connectivity index (χ0) is 26.8. The Morgan fingerprint density at radius 2 is 1.92 bits per heavy atom. The molecule has 0 radical (unpaired) electrons. The Kier molecular flexibility index (Phi) is 8.72. The van der Waals surface area contributed by atoms with Gasteiger partial charge in [0.05, 0.1) is 30.6 Å². The van der Waals surface area contributed by atoms with Gasteiger partial charge in [0, 0.05) is 31.1 Å². The van der Waals surface area contributed by atoms with Crippen molar-refractivity contribution in [2.45, 2.75) is 70.2 Å². The van der Waals surface area contributed by atoms with E-state index in [4.69, 9.17) is 9.26 Å². The van der Waals surface area contributed by atoms with Crippen molar-refractivity contribution in [3.63, 3.8) is 0 Å². The van der Waals surface area contributed by atoms with Crippen LogP contribution in [0.2, 0.25) is 0 Å². The van der Waals surface area contributed by atoms with E-state index in [1.165, 1.54) is 6.07 Å². The van der Waals surface area contributed by atoms with Gasteiger partial charge in [-0.05, 0) is 56.6 Å². The summed E-state index contributed by atoms with van der Waals surface area (Å²) in [5, 5.41) is -1.03. The first-order valence-corrected chi connectivity index (χ1v) is 15.2. The van der Waals surface area contributed by atoms with Gasteiger partial charge in [-0.3, -0.25) is 14.2 Å². The summed E-state index contributed by atoms with van der Waals surface area (Å²) in [5.74, 6) is -2.00. The molecule has 6 nitrogen and oxygen atoms in total. The van der Waals surface area contributed by atoms with E-state index in [1.54, 1.807) is 11.8 Å². The molecule has 1 aromatic carbocycles. The summed E-state index contributed by atoms with van der Waals surface area (Å²) in [5.41, 5.74) is -0.274. The summed E-state index contributed by atoms with van der Waals surface area (Å²) in [6.07, 6.45) is 5.52. The number of carbonyl (C=O) groups excluding carboxylic acids is 2. The highest BCUT2D eigenvalue weighted by molar-refractivity contribution is 7.60. The molecule has 0 spiro atoms. The van der Waals surface area contributed by atoms with Gasteiger partial charge >= 0.3 is 0 Å². The summed E-state index contributed by atoms with van der Waals surface area (Å²) >= 11 is 0. The molecule has 1 aliphatic carbocycles. The molecule has 1 unspecified atom stereocenters. The molecule has 37 heavy (non-hydrogen) atoms. The molecule has 0 bridgehead atoms. The number of Topliss-reactive ketones (excluding diaryl/α,β-unsaturated/α-hetero) is 1. The maximum Gasteiger partial charge on any atom is 0.226 e. The van der Waals surface area contributed by atoms with Crippen molar-refractivity contribution in [3.05, 3.63) is 47.5 Å². The van der Waals surface area contributed by atoms with Gasteiger partial charge in [-0.2, -0.15) is 0 Å². The van der Waals surface area contributed by atoms with Gasteiger partial charge < -0.3 is 14.2 Å². The van der Waals surface area contributed by atoms with Gasteiger partial charge in [0.25, 0.3) is 0 Å². The first kappa shape index (κ1) is 28.1. The minimum absolute atomic E-state index is 0.0428. The Bertz CT molecular complexity index is 1070. The second-order valence-electron chi connectivity index (χ2n) is 10.9. The SMILES string of the molecule is CCOP(=O)(Cc1c(F)cccc1F)[C@]12CC(=O)[C@@H]3C[C@H](C)CN3C(=O)[C@@H](C)C/C=C/COCC[C@@H]1C2. The Morgan fingerprint density at radius 1 is 1.19 bits per heavy atom. The van der Waals surface area contributed by atoms with Crippen molar-refractivity contribution < 1.29 is 32.2 Å². The van der Waals surface area contributed by atoms with Gasteiger partial charge in [-0.15, -0.1) is 0 Å². The molecule has 1 saturated heterocycles. The van der Waals surface area contributed by atoms with Crippen LogP contribution in [0, 0.1) is 29.4 Å². The third-order valence-corrected chi connectivity index (χ3v) is 11.7. The number of carbonyl (C=O) groups is 2. The predicted octanol–water partition coefficient (Wildman–Crippen LogP) is 5.74. The molecule has 4 rings (SSSR count). The molecule has 1 amide bonds. The van der Waals surface area contributed by atoms with Crippen LogP contribution in [0.1, 0.15) is 58.4 Å². The van der Waals surface area contributed by atoms with Crippen molar-refractivity contribution in [1.29, 1.82) is 0 Å². The van der Waals surface area contributed by atoms with Gasteiger partial charge in [0.2, 0.25) is 13.3 Å². The molecule has 1 aromatic rings. The molecule has 2 heterocycles. The van der Waals surface area contributed by atoms with E-state index in [1.807, 2.05) is 26.0 Å². The van der Waals surface area contributed by atoms with Crippen LogP contribution >= 0.6 is 7.37 Å². The summed E-state index contributed by atoms with van der Waals surface area (Å²) in [6, 6.07) is 2.97. The molecule has 2 aliphatic heterocycles. The van der Waals surface area contributed by atoms with Crippen LogP contribution in [0.25, 0.3) is 0 Å². The topological polar surface area (TPSA) is 72.9 Å². The van der Waals surface area contributed by atoms with Crippen molar-refractivity contribution in [3.8, 4) is 0 Å². The lowest BCUT2D eigenvalue weighted by molar-refractivity contribution is -0.140. The average Bonchev–Trinajstić information content (AvgIpc) is 3.41. The van der Waals surface area contributed by atoms with Crippen LogP contribution in [0.15, 0.2) is 30.4 Å². The highest BCUT2D eigenvalue weighted by Gasteiger charge is 2.66. The highest BCUT2D eigenvalue weighted by atomic mass is 31.2. The molecule has 204 valence electrons. The van der Waals surface area contributed by atoms with Crippen molar-refractivity contribution in [2.75, 3.05) is 26.4 Å². The number of fused-ring (bicyclic) bond motifs is 2. The molecule has 0 N–H and O–H groups in total. The summed E-state index contributed by atoms with van der Waals surface area (Å²) < 4.78 is 55.5. The summed E-state index contributed by atoms with van der Waals surface area (Å²) in [4.78, 5) is 28.8. The standard InChI is InChI=1S/C28H38F2NO5P/c1-4-36-37(34,18-22-23(29)9-7-10-24(22)30)28-15-21(28)11-13-35-12-6-5-8-20(3)27(33)31-17-19(2)14-25(31)26(32)16-28/h5-7,9-10,19-21,25H,4,8,11-18H2,1-3H3/b6-5+/t19-,20-,21+,25-,28+,37?/m0/s1. The Labute approximate surface area is 218 Å². The van der Waals surface area contributed by atoms with E-state index < -0.39 is 36.4 Å². The van der Waals surface area contributed by atoms with Crippen molar-refractivity contribution >= 4 is 19.1 Å². The molecule has 1 saturated carbocycles. The summed E-state index contributed by atoms with van der Waals surface area (Å²) in [7, 11) is -3.73. The zero-order valence-corrected chi connectivity index (χ0v) is 22.9. The number of benzene rings is 1. The number of allylic oxidation sites excluding steroid dienone is 1. The van der Waals surface area contributed by atoms with Crippen LogP contribution in [0.4, 0.5) is 8.78 Å². The van der Waals surface area contributed by atoms with Gasteiger partial charge in [0.1, 0.15) is 11.6 Å². The smallest absolute Gasteiger partial charge is 0.226 e. The third-order valence-electron chi connectivity index (χ3n) is 8.19. The maximum absolute atomic E-state index is 14.6. The zero-order valence-electron chi connectivity index (χ0n) is 22.0. The fraction of sp³-hybridized carbons (Fsp3) is 0.643. The third kappa shape index (κ3) is 5.76. The number of halogens is 2. The Hall–Kier alpha value is -1.89. The number of nitrogens with zero attached hydrogens (tertiary/aromatic N) is 1. The Morgan fingerprint density at radius 3 is 2.62 bits per heavy atom. The van der Waals surface area contributed by atoms with Crippen LogP contribution < -0.4 is 0 Å². The van der Waals surface area contributed by atoms with E-state index >= 15 is 0 Å². The fourth-order valence-electron chi connectivity index (χ4n) is 6.07. The lowest BCUT2D eigenvalue weighted by Crippen LogP contribution is -2.44. The van der Waals surface area contributed by atoms with Crippen LogP contribution in [-0.4, -0.2) is 54.2 Å². The van der Waals surface area contributed by atoms with E-state index in [9.17, 15) is 22.9 Å². The Balaban J connectivity index is 1.70. The van der Waals surface area contributed by atoms with Gasteiger partial charge in [0.15, 0.2) is 5.78 Å². The first-order valence-electron chi connectivity index (χ1n) is 13.3. The first-order chi connectivity index (χ1) is 17.6. The number of ketones is 1. The lowest BCUT2D eigenvalue weighted by Gasteiger charge is -2.31. The number of amides is 1. The quantitative estimate of drug-likeness (QED) is 0.354. The van der Waals surface area contributed by atoms with E-state index in [0.717, 1.165) is 12.1 Å². The summed E-state index contributed by atoms with van der Waals surface area (Å²) in [6.45, 7) is 6.99. The minimum atomic E-state index is -3.73. The van der Waals surface area contributed by atoms with E-state index in [0.29, 0.717) is 45.4 Å². The minimum Gasteiger partial charge on any atom is -0.377 e. The largest absolute Gasteiger partial charge is 0.377 e. The van der Waals surface area contributed by atoms with Gasteiger partial charge in [-0.25, -0.2) is 8.78 Å². The highest BCUT2D eigenvalue weighted by Crippen LogP contribution is 2.77. The van der Waals surface area contributed by atoms with Crippen molar-refractivity contribution in [2.24, 2.45) is 17.8 Å². The number of ether oxygens (including phenoxy) is 1. The molecular weight excluding hydrogens is 499 g/mol. The molecule has 9 heteroatoms. The average molecular weight is 538 g/mol. The second kappa shape index (κ2) is 11.5. The fourth-order valence-corrected chi connectivity index (χ4v) is 9.45. The molecular formula is C28H38F2NO5P. The van der Waals surface area contributed by atoms with Crippen LogP contribution in [-0.2, 0) is 29.6 Å². The number of hydrogen-bond acceptors (Lipinski definition) is 5. The van der Waals surface area contributed by atoms with Crippen LogP contribution in [0.3, 0.4) is 0 Å². The maximum atomic E-state index is 14.6. The normalized spacial score (nSPS) is 33.6.